The summed E-state index contributed by atoms with van der Waals surface area (Å²) in [6.07, 6.45) is 2.82. The molecule has 0 aliphatic carbocycles. The Bertz CT molecular complexity index is 254. The lowest BCUT2D eigenvalue weighted by Crippen LogP contribution is -2.30. The predicted molar refractivity (Wildman–Crippen MR) is 53.7 cm³/mol. The molecule has 1 unspecified atom stereocenters. The fraction of sp³-hybridized carbons (Fsp3) is 0.500. The molecule has 1 heterocycles. The van der Waals surface area contributed by atoms with Gasteiger partial charge in [0.1, 0.15) is 0 Å². The number of rotatable bonds is 5. The SMILES string of the molecule is CN(Cc1ccncc1)CC(O)CO. The largest absolute Gasteiger partial charge is 0.394 e. The van der Waals surface area contributed by atoms with E-state index < -0.39 is 6.10 Å². The summed E-state index contributed by atoms with van der Waals surface area (Å²) in [5.74, 6) is 0. The Balaban J connectivity index is 2.37. The molecule has 78 valence electrons. The molecule has 1 aromatic heterocycles. The molecule has 14 heavy (non-hydrogen) atoms. The molecule has 0 fully saturated rings. The van der Waals surface area contributed by atoms with Gasteiger partial charge in [0, 0.05) is 25.5 Å². The average molecular weight is 196 g/mol. The van der Waals surface area contributed by atoms with Crippen LogP contribution in [0.15, 0.2) is 24.5 Å². The second kappa shape index (κ2) is 5.70. The zero-order valence-corrected chi connectivity index (χ0v) is 8.30. The molecule has 4 nitrogen and oxygen atoms in total. The van der Waals surface area contributed by atoms with Gasteiger partial charge in [-0.2, -0.15) is 0 Å². The fourth-order valence-electron chi connectivity index (χ4n) is 1.28. The van der Waals surface area contributed by atoms with Crippen LogP contribution in [0.25, 0.3) is 0 Å². The lowest BCUT2D eigenvalue weighted by Gasteiger charge is -2.19. The summed E-state index contributed by atoms with van der Waals surface area (Å²) in [5.41, 5.74) is 1.15. The fourth-order valence-corrected chi connectivity index (χ4v) is 1.28. The maximum atomic E-state index is 9.20. The van der Waals surface area contributed by atoms with Crippen molar-refractivity contribution in [2.75, 3.05) is 20.2 Å². The van der Waals surface area contributed by atoms with Crippen molar-refractivity contribution in [1.29, 1.82) is 0 Å². The highest BCUT2D eigenvalue weighted by Crippen LogP contribution is 2.01. The molecule has 0 spiro atoms. The molecular weight excluding hydrogens is 180 g/mol. The molecule has 0 amide bonds. The molecule has 1 atom stereocenters. The van der Waals surface area contributed by atoms with Crippen LogP contribution in [0.3, 0.4) is 0 Å². The Morgan fingerprint density at radius 3 is 2.64 bits per heavy atom. The molecule has 0 aliphatic heterocycles. The lowest BCUT2D eigenvalue weighted by molar-refractivity contribution is 0.0648. The van der Waals surface area contributed by atoms with E-state index in [0.717, 1.165) is 12.1 Å². The molecule has 0 bridgehead atoms. The average Bonchev–Trinajstić information content (AvgIpc) is 2.19. The van der Waals surface area contributed by atoms with Crippen LogP contribution in [0.2, 0.25) is 0 Å². The van der Waals surface area contributed by atoms with Gasteiger partial charge in [0.05, 0.1) is 12.7 Å². The van der Waals surface area contributed by atoms with Crippen molar-refractivity contribution in [3.63, 3.8) is 0 Å². The van der Waals surface area contributed by atoms with Crippen molar-refractivity contribution >= 4 is 0 Å². The number of likely N-dealkylation sites (N-methyl/N-ethyl adjacent to an activating group) is 1. The summed E-state index contributed by atoms with van der Waals surface area (Å²) >= 11 is 0. The minimum absolute atomic E-state index is 0.194. The van der Waals surface area contributed by atoms with Gasteiger partial charge in [-0.15, -0.1) is 0 Å². The zero-order valence-electron chi connectivity index (χ0n) is 8.30. The molecule has 2 N–H and O–H groups in total. The number of hydrogen-bond donors (Lipinski definition) is 2. The first kappa shape index (κ1) is 11.1. The smallest absolute Gasteiger partial charge is 0.0897 e. The third kappa shape index (κ3) is 3.83. The van der Waals surface area contributed by atoms with Gasteiger partial charge in [-0.1, -0.05) is 0 Å². The molecule has 0 saturated heterocycles. The van der Waals surface area contributed by atoms with Gasteiger partial charge in [-0.05, 0) is 24.7 Å². The summed E-state index contributed by atoms with van der Waals surface area (Å²) in [6, 6.07) is 3.86. The van der Waals surface area contributed by atoms with E-state index in [2.05, 4.69) is 4.98 Å². The van der Waals surface area contributed by atoms with E-state index in [0.29, 0.717) is 6.54 Å². The first-order chi connectivity index (χ1) is 6.72. The van der Waals surface area contributed by atoms with Crippen molar-refractivity contribution in [3.8, 4) is 0 Å². The molecule has 1 aromatic rings. The highest BCUT2D eigenvalue weighted by molar-refractivity contribution is 5.09. The second-order valence-corrected chi connectivity index (χ2v) is 3.39. The summed E-state index contributed by atoms with van der Waals surface area (Å²) < 4.78 is 0. The van der Waals surface area contributed by atoms with Crippen LogP contribution in [0, 0.1) is 0 Å². The minimum atomic E-state index is -0.665. The standard InChI is InChI=1S/C10H16N2O2/c1-12(7-10(14)8-13)6-9-2-4-11-5-3-9/h2-5,10,13-14H,6-8H2,1H3. The minimum Gasteiger partial charge on any atom is -0.394 e. The van der Waals surface area contributed by atoms with Crippen LogP contribution in [-0.4, -0.2) is 46.4 Å². The molecule has 0 aromatic carbocycles. The Morgan fingerprint density at radius 2 is 2.07 bits per heavy atom. The van der Waals surface area contributed by atoms with E-state index in [9.17, 15) is 5.11 Å². The van der Waals surface area contributed by atoms with E-state index in [-0.39, 0.29) is 6.61 Å². The van der Waals surface area contributed by atoms with E-state index >= 15 is 0 Å². The van der Waals surface area contributed by atoms with Crippen LogP contribution in [-0.2, 0) is 6.54 Å². The maximum absolute atomic E-state index is 9.20. The van der Waals surface area contributed by atoms with E-state index in [4.69, 9.17) is 5.11 Å². The van der Waals surface area contributed by atoms with Gasteiger partial charge in [0.15, 0.2) is 0 Å². The number of aliphatic hydroxyl groups excluding tert-OH is 2. The quantitative estimate of drug-likeness (QED) is 0.688. The molecular formula is C10H16N2O2. The third-order valence-electron chi connectivity index (χ3n) is 1.94. The number of pyridine rings is 1. The molecule has 1 rings (SSSR count). The van der Waals surface area contributed by atoms with Crippen LogP contribution >= 0.6 is 0 Å². The van der Waals surface area contributed by atoms with Crippen molar-refractivity contribution in [1.82, 2.24) is 9.88 Å². The Morgan fingerprint density at radius 1 is 1.43 bits per heavy atom. The summed E-state index contributed by atoms with van der Waals surface area (Å²) in [6.45, 7) is 1.03. The third-order valence-corrected chi connectivity index (χ3v) is 1.94. The van der Waals surface area contributed by atoms with Gasteiger partial charge < -0.3 is 10.2 Å². The van der Waals surface area contributed by atoms with Crippen molar-refractivity contribution < 1.29 is 10.2 Å². The Kier molecular flexibility index (Phi) is 4.52. The monoisotopic (exact) mass is 196 g/mol. The van der Waals surface area contributed by atoms with Gasteiger partial charge in [-0.3, -0.25) is 9.88 Å². The molecule has 4 heteroatoms. The first-order valence-corrected chi connectivity index (χ1v) is 4.58. The summed E-state index contributed by atoms with van der Waals surface area (Å²) in [7, 11) is 1.90. The van der Waals surface area contributed by atoms with Crippen LogP contribution in [0.4, 0.5) is 0 Å². The van der Waals surface area contributed by atoms with E-state index in [1.807, 2.05) is 24.1 Å². The highest BCUT2D eigenvalue weighted by Gasteiger charge is 2.06. The van der Waals surface area contributed by atoms with Crippen LogP contribution in [0.5, 0.6) is 0 Å². The van der Waals surface area contributed by atoms with Gasteiger partial charge in [0.2, 0.25) is 0 Å². The van der Waals surface area contributed by atoms with Crippen molar-refractivity contribution in [3.05, 3.63) is 30.1 Å². The number of aliphatic hydroxyl groups is 2. The van der Waals surface area contributed by atoms with Crippen molar-refractivity contribution in [2.45, 2.75) is 12.6 Å². The molecule has 0 saturated carbocycles. The molecule has 0 aliphatic rings. The van der Waals surface area contributed by atoms with Crippen molar-refractivity contribution in [2.24, 2.45) is 0 Å². The summed E-state index contributed by atoms with van der Waals surface area (Å²) in [5, 5.41) is 17.9. The number of nitrogens with zero attached hydrogens (tertiary/aromatic N) is 2. The Labute approximate surface area is 83.8 Å². The van der Waals surface area contributed by atoms with E-state index in [1.54, 1.807) is 12.4 Å². The Hall–Kier alpha value is -0.970. The number of hydrogen-bond acceptors (Lipinski definition) is 4. The zero-order chi connectivity index (χ0) is 10.4. The first-order valence-electron chi connectivity index (χ1n) is 4.58. The van der Waals surface area contributed by atoms with E-state index in [1.165, 1.54) is 0 Å². The molecule has 0 radical (unpaired) electrons. The van der Waals surface area contributed by atoms with Gasteiger partial charge in [0.25, 0.3) is 0 Å². The maximum Gasteiger partial charge on any atom is 0.0897 e. The normalized spacial score (nSPS) is 13.1. The predicted octanol–water partition coefficient (Wildman–Crippen LogP) is -0.133. The highest BCUT2D eigenvalue weighted by atomic mass is 16.3. The van der Waals surface area contributed by atoms with Crippen LogP contribution in [0.1, 0.15) is 5.56 Å². The number of aromatic nitrogens is 1. The van der Waals surface area contributed by atoms with Gasteiger partial charge in [-0.25, -0.2) is 0 Å². The second-order valence-electron chi connectivity index (χ2n) is 3.39. The lowest BCUT2D eigenvalue weighted by atomic mass is 10.2. The topological polar surface area (TPSA) is 56.6 Å². The van der Waals surface area contributed by atoms with Gasteiger partial charge >= 0.3 is 0 Å². The summed E-state index contributed by atoms with van der Waals surface area (Å²) in [4.78, 5) is 5.88. The van der Waals surface area contributed by atoms with Crippen LogP contribution < -0.4 is 0 Å².